The van der Waals surface area contributed by atoms with Crippen LogP contribution in [0.1, 0.15) is 18.9 Å². The molecule has 0 unspecified atom stereocenters. The summed E-state index contributed by atoms with van der Waals surface area (Å²) in [7, 11) is 0. The van der Waals surface area contributed by atoms with Gasteiger partial charge in [0.2, 0.25) is 0 Å². The summed E-state index contributed by atoms with van der Waals surface area (Å²) in [4.78, 5) is 0. The molecule has 0 aromatic heterocycles. The average molecular weight is 446 g/mol. The molecule has 0 aliphatic carbocycles. The number of hydrogen-bond acceptors (Lipinski definition) is 0. The van der Waals surface area contributed by atoms with Crippen LogP contribution in [-0.2, 0) is 32.6 Å². The van der Waals surface area contributed by atoms with E-state index < -0.39 is 0 Å². The summed E-state index contributed by atoms with van der Waals surface area (Å²) in [5.74, 6) is 0. The van der Waals surface area contributed by atoms with Gasteiger partial charge in [-0.1, -0.05) is 61.4 Å². The molecular weight excluding hydrogens is 426 g/mol. The zero-order chi connectivity index (χ0) is 14.9. The minimum Gasteiger partial charge on any atom is -1.00 e. The molecule has 125 valence electrons. The standard InChI is InChI=1S/C22H19.2ClH.Zr/c1-2-6-16-13-19-9-5-10-21(22(19)14-16)20-12-11-17-7-3-4-8-18(17)15-20;;;/h3-5,7-15H,2,6H2,1H3;2*1H;/q-1;;;+3/p-2. The third-order valence-corrected chi connectivity index (χ3v) is 4.41. The fourth-order valence-electron chi connectivity index (χ4n) is 3.34. The second-order valence-electron chi connectivity index (χ2n) is 5.98. The molecule has 0 saturated heterocycles. The van der Waals surface area contributed by atoms with Crippen LogP contribution in [0.3, 0.4) is 0 Å². The van der Waals surface area contributed by atoms with Crippen LogP contribution in [0.4, 0.5) is 0 Å². The molecule has 0 amide bonds. The van der Waals surface area contributed by atoms with Gasteiger partial charge in [0, 0.05) is 0 Å². The van der Waals surface area contributed by atoms with E-state index in [-0.39, 0.29) is 51.0 Å². The maximum Gasteiger partial charge on any atom is 3.00 e. The molecule has 0 aliphatic heterocycles. The van der Waals surface area contributed by atoms with Crippen LogP contribution >= 0.6 is 0 Å². The van der Waals surface area contributed by atoms with E-state index in [2.05, 4.69) is 79.7 Å². The van der Waals surface area contributed by atoms with Crippen LogP contribution < -0.4 is 24.8 Å². The summed E-state index contributed by atoms with van der Waals surface area (Å²) in [6, 6.07) is 26.6. The number of hydrogen-bond donors (Lipinski definition) is 0. The molecule has 3 heteroatoms. The van der Waals surface area contributed by atoms with Crippen molar-refractivity contribution >= 4 is 21.5 Å². The Morgan fingerprint density at radius 1 is 0.800 bits per heavy atom. The van der Waals surface area contributed by atoms with Crippen molar-refractivity contribution in [1.82, 2.24) is 0 Å². The minimum atomic E-state index is 0. The van der Waals surface area contributed by atoms with Gasteiger partial charge in [-0.25, -0.2) is 0 Å². The topological polar surface area (TPSA) is 0 Å². The second kappa shape index (κ2) is 9.62. The monoisotopic (exact) mass is 443 g/mol. The van der Waals surface area contributed by atoms with Crippen LogP contribution in [0.25, 0.3) is 32.7 Å². The molecule has 0 spiro atoms. The van der Waals surface area contributed by atoms with E-state index in [1.165, 1.54) is 44.7 Å². The van der Waals surface area contributed by atoms with E-state index >= 15 is 0 Å². The number of aryl methyl sites for hydroxylation is 1. The SMILES string of the molecule is CCCc1cc2c(-c3ccc4ccccc4c3)cccc2[cH-]1.[Cl-].[Cl-].[Zr+3]. The Kier molecular flexibility index (Phi) is 8.48. The number of rotatable bonds is 3. The summed E-state index contributed by atoms with van der Waals surface area (Å²) in [6.07, 6.45) is 2.35. The largest absolute Gasteiger partial charge is 3.00 e. The summed E-state index contributed by atoms with van der Waals surface area (Å²) in [5.41, 5.74) is 4.09. The quantitative estimate of drug-likeness (QED) is 0.399. The normalized spacial score (nSPS) is 9.96. The molecule has 0 heterocycles. The first-order chi connectivity index (χ1) is 10.8. The van der Waals surface area contributed by atoms with Gasteiger partial charge in [0.25, 0.3) is 0 Å². The molecule has 4 rings (SSSR count). The molecule has 0 N–H and O–H groups in total. The molecule has 4 aromatic rings. The van der Waals surface area contributed by atoms with Crippen molar-refractivity contribution in [2.75, 3.05) is 0 Å². The zero-order valence-corrected chi connectivity index (χ0v) is 18.1. The van der Waals surface area contributed by atoms with E-state index in [9.17, 15) is 0 Å². The van der Waals surface area contributed by atoms with Crippen molar-refractivity contribution in [3.8, 4) is 11.1 Å². The first-order valence-corrected chi connectivity index (χ1v) is 8.02. The van der Waals surface area contributed by atoms with Crippen molar-refractivity contribution < 1.29 is 51.0 Å². The molecule has 0 bridgehead atoms. The van der Waals surface area contributed by atoms with Crippen molar-refractivity contribution in [2.24, 2.45) is 0 Å². The first-order valence-electron chi connectivity index (χ1n) is 8.02. The molecular formula is C22H19Cl2Zr. The zero-order valence-electron chi connectivity index (χ0n) is 14.1. The maximum atomic E-state index is 2.36. The Bertz CT molecular complexity index is 956. The summed E-state index contributed by atoms with van der Waals surface area (Å²) in [5, 5.41) is 5.33. The summed E-state index contributed by atoms with van der Waals surface area (Å²) in [6.45, 7) is 2.24. The van der Waals surface area contributed by atoms with Crippen LogP contribution in [0.2, 0.25) is 0 Å². The van der Waals surface area contributed by atoms with Gasteiger partial charge in [-0.3, -0.25) is 0 Å². The fraction of sp³-hybridized carbons (Fsp3) is 0.136. The fourth-order valence-corrected chi connectivity index (χ4v) is 3.34. The maximum absolute atomic E-state index is 2.36. The Balaban J connectivity index is 0.00000104. The Labute approximate surface area is 180 Å². The van der Waals surface area contributed by atoms with Gasteiger partial charge in [-0.2, -0.15) is 6.07 Å². The van der Waals surface area contributed by atoms with Gasteiger partial charge < -0.3 is 24.8 Å². The van der Waals surface area contributed by atoms with E-state index in [4.69, 9.17) is 0 Å². The number of halogens is 2. The van der Waals surface area contributed by atoms with E-state index in [0.29, 0.717) is 0 Å². The van der Waals surface area contributed by atoms with Crippen molar-refractivity contribution in [3.63, 3.8) is 0 Å². The number of benzene rings is 3. The average Bonchev–Trinajstić information content (AvgIpc) is 2.97. The van der Waals surface area contributed by atoms with E-state index in [1.54, 1.807) is 0 Å². The number of fused-ring (bicyclic) bond motifs is 2. The van der Waals surface area contributed by atoms with Crippen molar-refractivity contribution in [1.29, 1.82) is 0 Å². The van der Waals surface area contributed by atoms with Crippen molar-refractivity contribution in [3.05, 3.63) is 78.4 Å². The third kappa shape index (κ3) is 4.40. The molecule has 0 saturated carbocycles. The molecule has 1 radical (unpaired) electrons. The van der Waals surface area contributed by atoms with Gasteiger partial charge >= 0.3 is 26.2 Å². The Morgan fingerprint density at radius 2 is 1.56 bits per heavy atom. The minimum absolute atomic E-state index is 0. The summed E-state index contributed by atoms with van der Waals surface area (Å²) >= 11 is 0. The van der Waals surface area contributed by atoms with Crippen LogP contribution in [-0.4, -0.2) is 0 Å². The predicted octanol–water partition coefficient (Wildman–Crippen LogP) is 0.337. The Hall–Kier alpha value is -1.01. The van der Waals surface area contributed by atoms with Gasteiger partial charge in [-0.15, -0.1) is 34.5 Å². The van der Waals surface area contributed by atoms with E-state index in [1.807, 2.05) is 0 Å². The molecule has 0 aliphatic rings. The molecule has 4 aromatic carbocycles. The molecule has 25 heavy (non-hydrogen) atoms. The van der Waals surface area contributed by atoms with Crippen LogP contribution in [0.15, 0.2) is 72.8 Å². The van der Waals surface area contributed by atoms with E-state index in [0.717, 1.165) is 6.42 Å². The predicted molar refractivity (Wildman–Crippen MR) is 96.5 cm³/mol. The van der Waals surface area contributed by atoms with Gasteiger partial charge in [0.15, 0.2) is 0 Å². The molecule has 0 atom stereocenters. The molecule has 0 fully saturated rings. The third-order valence-electron chi connectivity index (χ3n) is 4.41. The Morgan fingerprint density at radius 3 is 2.32 bits per heavy atom. The summed E-state index contributed by atoms with van der Waals surface area (Å²) < 4.78 is 0. The van der Waals surface area contributed by atoms with Gasteiger partial charge in [-0.05, 0) is 28.8 Å². The van der Waals surface area contributed by atoms with Gasteiger partial charge in [0.1, 0.15) is 0 Å². The molecule has 0 nitrogen and oxygen atoms in total. The second-order valence-corrected chi connectivity index (χ2v) is 5.98. The first kappa shape index (κ1) is 22.0. The van der Waals surface area contributed by atoms with Crippen molar-refractivity contribution in [2.45, 2.75) is 19.8 Å². The van der Waals surface area contributed by atoms with Crippen LogP contribution in [0.5, 0.6) is 0 Å². The van der Waals surface area contributed by atoms with Crippen LogP contribution in [0, 0.1) is 0 Å². The van der Waals surface area contributed by atoms with Gasteiger partial charge in [0.05, 0.1) is 0 Å². The smallest absolute Gasteiger partial charge is 1.00 e.